The molecule has 4 nitrogen and oxygen atoms in total. The van der Waals surface area contributed by atoms with E-state index in [0.717, 1.165) is 0 Å². The van der Waals surface area contributed by atoms with Crippen LogP contribution in [0, 0.1) is 25.2 Å². The molecule has 2 heterocycles. The number of aryl methyl sites for hydroxylation is 2. The molecule has 2 aromatic rings. The van der Waals surface area contributed by atoms with Crippen LogP contribution in [-0.2, 0) is 0 Å². The van der Waals surface area contributed by atoms with Gasteiger partial charge >= 0.3 is 0 Å². The van der Waals surface area contributed by atoms with E-state index in [1.807, 2.05) is 6.07 Å². The summed E-state index contributed by atoms with van der Waals surface area (Å²) >= 11 is 1.79. The molecule has 0 aromatic carbocycles. The van der Waals surface area contributed by atoms with Crippen molar-refractivity contribution in [2.75, 3.05) is 11.1 Å². The third-order valence-corrected chi connectivity index (χ3v) is 3.92. The van der Waals surface area contributed by atoms with Crippen LogP contribution in [-0.4, -0.2) is 4.98 Å². The quantitative estimate of drug-likeness (QED) is 0.898. The molecule has 1 atom stereocenters. The Morgan fingerprint density at radius 2 is 2.16 bits per heavy atom. The van der Waals surface area contributed by atoms with Gasteiger partial charge in [0.05, 0.1) is 11.7 Å². The number of anilines is 2. The van der Waals surface area contributed by atoms with Gasteiger partial charge in [0.15, 0.2) is 5.69 Å². The number of aromatic nitrogens is 1. The Morgan fingerprint density at radius 1 is 1.42 bits per heavy atom. The lowest BCUT2D eigenvalue weighted by Gasteiger charge is -2.15. The lowest BCUT2D eigenvalue weighted by atomic mass is 10.1. The van der Waals surface area contributed by atoms with Crippen molar-refractivity contribution in [1.29, 1.82) is 5.26 Å². The summed E-state index contributed by atoms with van der Waals surface area (Å²) in [6.45, 7) is 6.30. The van der Waals surface area contributed by atoms with Gasteiger partial charge in [0.1, 0.15) is 11.9 Å². The highest BCUT2D eigenvalue weighted by Gasteiger charge is 2.12. The Hall–Kier alpha value is -2.06. The Kier molecular flexibility index (Phi) is 3.72. The maximum Gasteiger partial charge on any atom is 0.165 e. The number of hydrogen-bond acceptors (Lipinski definition) is 5. The number of thiophene rings is 1. The van der Waals surface area contributed by atoms with Crippen LogP contribution in [0.4, 0.5) is 11.5 Å². The molecular weight excluding hydrogens is 256 g/mol. The average molecular weight is 272 g/mol. The molecule has 2 rings (SSSR count). The van der Waals surface area contributed by atoms with Gasteiger partial charge in [-0.1, -0.05) is 0 Å². The van der Waals surface area contributed by atoms with Gasteiger partial charge in [-0.2, -0.15) is 5.26 Å². The van der Waals surface area contributed by atoms with Gasteiger partial charge in [0.25, 0.3) is 0 Å². The number of nitrogen functional groups attached to an aromatic ring is 1. The average Bonchev–Trinajstić information content (AvgIpc) is 2.71. The monoisotopic (exact) mass is 272 g/mol. The summed E-state index contributed by atoms with van der Waals surface area (Å²) in [7, 11) is 0. The van der Waals surface area contributed by atoms with Gasteiger partial charge in [-0.05, 0) is 44.5 Å². The Balaban J connectivity index is 2.22. The van der Waals surface area contributed by atoms with E-state index in [4.69, 9.17) is 11.0 Å². The van der Waals surface area contributed by atoms with E-state index >= 15 is 0 Å². The van der Waals surface area contributed by atoms with Crippen molar-refractivity contribution in [3.05, 3.63) is 39.2 Å². The second-order valence-electron chi connectivity index (χ2n) is 4.48. The predicted octanol–water partition coefficient (Wildman–Crippen LogP) is 3.39. The van der Waals surface area contributed by atoms with Gasteiger partial charge in [-0.3, -0.25) is 0 Å². The van der Waals surface area contributed by atoms with E-state index in [9.17, 15) is 0 Å². The summed E-state index contributed by atoms with van der Waals surface area (Å²) < 4.78 is 0. The van der Waals surface area contributed by atoms with E-state index in [0.29, 0.717) is 11.5 Å². The number of hydrogen-bond donors (Lipinski definition) is 2. The number of rotatable bonds is 3. The molecule has 0 amide bonds. The minimum Gasteiger partial charge on any atom is -0.396 e. The Bertz CT molecular complexity index is 639. The molecule has 0 fully saturated rings. The zero-order chi connectivity index (χ0) is 14.0. The van der Waals surface area contributed by atoms with Gasteiger partial charge in [-0.15, -0.1) is 11.3 Å². The predicted molar refractivity (Wildman–Crippen MR) is 79.2 cm³/mol. The summed E-state index contributed by atoms with van der Waals surface area (Å²) in [6, 6.07) is 7.81. The van der Waals surface area contributed by atoms with E-state index in [-0.39, 0.29) is 11.7 Å². The topological polar surface area (TPSA) is 74.7 Å². The molecule has 0 saturated heterocycles. The summed E-state index contributed by atoms with van der Waals surface area (Å²) in [6.07, 6.45) is 0. The van der Waals surface area contributed by atoms with Crippen LogP contribution in [0.25, 0.3) is 0 Å². The zero-order valence-corrected chi connectivity index (χ0v) is 12.0. The van der Waals surface area contributed by atoms with Crippen LogP contribution in [0.1, 0.15) is 34.0 Å². The highest BCUT2D eigenvalue weighted by Crippen LogP contribution is 2.28. The molecular formula is C14H16N4S. The van der Waals surface area contributed by atoms with Crippen molar-refractivity contribution in [2.45, 2.75) is 26.8 Å². The van der Waals surface area contributed by atoms with Crippen LogP contribution < -0.4 is 11.1 Å². The highest BCUT2D eigenvalue weighted by atomic mass is 32.1. The molecule has 98 valence electrons. The second-order valence-corrected chi connectivity index (χ2v) is 5.94. The molecule has 0 aliphatic carbocycles. The maximum atomic E-state index is 8.92. The normalized spacial score (nSPS) is 11.9. The Labute approximate surface area is 116 Å². The number of nitrogens with two attached hydrogens (primary N) is 1. The first-order valence-corrected chi connectivity index (χ1v) is 6.83. The SMILES string of the molecule is Cc1cc(C(C)Nc2ccc(N)c(C#N)n2)c(C)s1. The molecule has 0 aliphatic rings. The standard InChI is InChI=1S/C14H16N4S/c1-8-6-11(10(3)19-8)9(2)17-14-5-4-12(16)13(7-15)18-14/h4-6,9H,16H2,1-3H3,(H,17,18). The van der Waals surface area contributed by atoms with Gasteiger partial charge in [0, 0.05) is 9.75 Å². The van der Waals surface area contributed by atoms with E-state index < -0.39 is 0 Å². The van der Waals surface area contributed by atoms with Gasteiger partial charge in [-0.25, -0.2) is 4.98 Å². The molecule has 0 spiro atoms. The van der Waals surface area contributed by atoms with E-state index in [1.165, 1.54) is 15.3 Å². The third kappa shape index (κ3) is 2.85. The lowest BCUT2D eigenvalue weighted by molar-refractivity contribution is 0.871. The van der Waals surface area contributed by atoms with Crippen molar-refractivity contribution in [3.63, 3.8) is 0 Å². The van der Waals surface area contributed by atoms with Crippen molar-refractivity contribution < 1.29 is 0 Å². The summed E-state index contributed by atoms with van der Waals surface area (Å²) in [5.41, 5.74) is 7.59. The third-order valence-electron chi connectivity index (χ3n) is 2.94. The van der Waals surface area contributed by atoms with Gasteiger partial charge < -0.3 is 11.1 Å². The van der Waals surface area contributed by atoms with Gasteiger partial charge in [0.2, 0.25) is 0 Å². The largest absolute Gasteiger partial charge is 0.396 e. The van der Waals surface area contributed by atoms with Crippen LogP contribution in [0.3, 0.4) is 0 Å². The molecule has 5 heteroatoms. The number of nitriles is 1. The van der Waals surface area contributed by atoms with Crippen molar-refractivity contribution in [1.82, 2.24) is 4.98 Å². The number of nitrogens with zero attached hydrogens (tertiary/aromatic N) is 2. The molecule has 1 unspecified atom stereocenters. The first-order chi connectivity index (χ1) is 9.01. The smallest absolute Gasteiger partial charge is 0.165 e. The summed E-state index contributed by atoms with van der Waals surface area (Å²) in [4.78, 5) is 6.79. The summed E-state index contributed by atoms with van der Waals surface area (Å²) in [5.74, 6) is 0.668. The zero-order valence-electron chi connectivity index (χ0n) is 11.2. The highest BCUT2D eigenvalue weighted by molar-refractivity contribution is 7.12. The van der Waals surface area contributed by atoms with Crippen molar-refractivity contribution in [3.8, 4) is 6.07 Å². The molecule has 0 aliphatic heterocycles. The molecule has 2 aromatic heterocycles. The minimum atomic E-state index is 0.146. The summed E-state index contributed by atoms with van der Waals surface area (Å²) in [5, 5.41) is 12.2. The molecule has 0 saturated carbocycles. The minimum absolute atomic E-state index is 0.146. The maximum absolute atomic E-state index is 8.92. The number of nitrogens with one attached hydrogen (secondary N) is 1. The lowest BCUT2D eigenvalue weighted by Crippen LogP contribution is -2.09. The fourth-order valence-electron chi connectivity index (χ4n) is 2.02. The van der Waals surface area contributed by atoms with Crippen LogP contribution in [0.5, 0.6) is 0 Å². The molecule has 0 radical (unpaired) electrons. The Morgan fingerprint density at radius 3 is 2.74 bits per heavy atom. The first-order valence-electron chi connectivity index (χ1n) is 6.01. The fraction of sp³-hybridized carbons (Fsp3) is 0.286. The number of pyridine rings is 1. The first kappa shape index (κ1) is 13.4. The van der Waals surface area contributed by atoms with Crippen molar-refractivity contribution in [2.24, 2.45) is 0 Å². The van der Waals surface area contributed by atoms with Crippen molar-refractivity contribution >= 4 is 22.8 Å². The van der Waals surface area contributed by atoms with E-state index in [2.05, 4.69) is 37.1 Å². The van der Waals surface area contributed by atoms with Crippen LogP contribution in [0.15, 0.2) is 18.2 Å². The van der Waals surface area contributed by atoms with Crippen LogP contribution in [0.2, 0.25) is 0 Å². The fourth-order valence-corrected chi connectivity index (χ4v) is 3.04. The van der Waals surface area contributed by atoms with E-state index in [1.54, 1.807) is 23.5 Å². The molecule has 19 heavy (non-hydrogen) atoms. The van der Waals surface area contributed by atoms with Crippen LogP contribution >= 0.6 is 11.3 Å². The second kappa shape index (κ2) is 5.29. The molecule has 0 bridgehead atoms. The molecule has 3 N–H and O–H groups in total.